The SMILES string of the molecule is O=C(CC(=O)C1CCCC1)c1ccncc1. The first-order valence-corrected chi connectivity index (χ1v) is 5.73. The second-order valence-corrected chi connectivity index (χ2v) is 4.28. The van der Waals surface area contributed by atoms with E-state index in [1.54, 1.807) is 24.5 Å². The van der Waals surface area contributed by atoms with Gasteiger partial charge in [-0.2, -0.15) is 0 Å². The van der Waals surface area contributed by atoms with Gasteiger partial charge in [-0.3, -0.25) is 14.6 Å². The van der Waals surface area contributed by atoms with Crippen LogP contribution < -0.4 is 0 Å². The zero-order valence-electron chi connectivity index (χ0n) is 9.19. The molecular weight excluding hydrogens is 202 g/mol. The molecule has 1 aliphatic rings. The van der Waals surface area contributed by atoms with Crippen molar-refractivity contribution < 1.29 is 9.59 Å². The summed E-state index contributed by atoms with van der Waals surface area (Å²) in [5.41, 5.74) is 0.585. The molecule has 1 aromatic rings. The quantitative estimate of drug-likeness (QED) is 0.574. The van der Waals surface area contributed by atoms with Gasteiger partial charge in [0.05, 0.1) is 6.42 Å². The largest absolute Gasteiger partial charge is 0.299 e. The first-order valence-electron chi connectivity index (χ1n) is 5.73. The Hall–Kier alpha value is -1.51. The van der Waals surface area contributed by atoms with Crippen molar-refractivity contribution in [2.45, 2.75) is 32.1 Å². The Labute approximate surface area is 94.9 Å². The summed E-state index contributed by atoms with van der Waals surface area (Å²) in [6, 6.07) is 3.31. The number of aromatic nitrogens is 1. The van der Waals surface area contributed by atoms with E-state index >= 15 is 0 Å². The number of carbonyl (C=O) groups excluding carboxylic acids is 2. The van der Waals surface area contributed by atoms with Crippen LogP contribution in [0.15, 0.2) is 24.5 Å². The molecule has 16 heavy (non-hydrogen) atoms. The van der Waals surface area contributed by atoms with Gasteiger partial charge < -0.3 is 0 Å². The predicted molar refractivity (Wildman–Crippen MR) is 60.1 cm³/mol. The molecule has 0 radical (unpaired) electrons. The van der Waals surface area contributed by atoms with Crippen LogP contribution in [0, 0.1) is 5.92 Å². The number of hydrogen-bond acceptors (Lipinski definition) is 3. The van der Waals surface area contributed by atoms with E-state index in [9.17, 15) is 9.59 Å². The molecular formula is C13H15NO2. The summed E-state index contributed by atoms with van der Waals surface area (Å²) in [6.07, 6.45) is 7.37. The van der Waals surface area contributed by atoms with E-state index in [1.807, 2.05) is 0 Å². The van der Waals surface area contributed by atoms with Crippen molar-refractivity contribution in [2.75, 3.05) is 0 Å². The van der Waals surface area contributed by atoms with E-state index in [-0.39, 0.29) is 23.9 Å². The molecule has 3 nitrogen and oxygen atoms in total. The number of Topliss-reactive ketones (excluding diaryl/α,β-unsaturated/α-hetero) is 2. The highest BCUT2D eigenvalue weighted by atomic mass is 16.1. The van der Waals surface area contributed by atoms with E-state index in [0.717, 1.165) is 25.7 Å². The van der Waals surface area contributed by atoms with Crippen LogP contribution in [0.3, 0.4) is 0 Å². The van der Waals surface area contributed by atoms with Crippen molar-refractivity contribution in [1.82, 2.24) is 4.98 Å². The lowest BCUT2D eigenvalue weighted by Gasteiger charge is -2.06. The molecule has 0 aliphatic heterocycles. The summed E-state index contributed by atoms with van der Waals surface area (Å²) in [7, 11) is 0. The minimum Gasteiger partial charge on any atom is -0.299 e. The van der Waals surface area contributed by atoms with Gasteiger partial charge in [0.1, 0.15) is 5.78 Å². The second kappa shape index (κ2) is 5.01. The average molecular weight is 217 g/mol. The standard InChI is InChI=1S/C13H15NO2/c15-12(10-3-1-2-4-10)9-13(16)11-5-7-14-8-6-11/h5-8,10H,1-4,9H2. The molecule has 0 N–H and O–H groups in total. The summed E-state index contributed by atoms with van der Waals surface area (Å²) in [4.78, 5) is 27.4. The van der Waals surface area contributed by atoms with Crippen molar-refractivity contribution in [3.63, 3.8) is 0 Å². The normalized spacial score (nSPS) is 16.2. The molecule has 1 fully saturated rings. The van der Waals surface area contributed by atoms with E-state index in [1.165, 1.54) is 0 Å². The molecule has 0 bridgehead atoms. The zero-order valence-corrected chi connectivity index (χ0v) is 9.19. The maximum absolute atomic E-state index is 11.8. The molecule has 1 saturated carbocycles. The van der Waals surface area contributed by atoms with Gasteiger partial charge in [-0.05, 0) is 25.0 Å². The molecule has 1 aliphatic carbocycles. The smallest absolute Gasteiger partial charge is 0.170 e. The Morgan fingerprint density at radius 3 is 2.44 bits per heavy atom. The van der Waals surface area contributed by atoms with Gasteiger partial charge in [-0.25, -0.2) is 0 Å². The number of pyridine rings is 1. The number of carbonyl (C=O) groups is 2. The highest BCUT2D eigenvalue weighted by molar-refractivity contribution is 6.08. The highest BCUT2D eigenvalue weighted by Gasteiger charge is 2.24. The molecule has 2 rings (SSSR count). The van der Waals surface area contributed by atoms with Crippen LogP contribution in [-0.4, -0.2) is 16.6 Å². The molecule has 1 heterocycles. The predicted octanol–water partition coefficient (Wildman–Crippen LogP) is 2.41. The summed E-state index contributed by atoms with van der Waals surface area (Å²) < 4.78 is 0. The lowest BCUT2D eigenvalue weighted by atomic mass is 9.96. The van der Waals surface area contributed by atoms with Gasteiger partial charge in [0.15, 0.2) is 5.78 Å². The molecule has 0 unspecified atom stereocenters. The number of ketones is 2. The minimum absolute atomic E-state index is 0.0503. The minimum atomic E-state index is -0.0840. The van der Waals surface area contributed by atoms with E-state index in [2.05, 4.69) is 4.98 Å². The maximum atomic E-state index is 11.8. The van der Waals surface area contributed by atoms with E-state index in [0.29, 0.717) is 5.56 Å². The van der Waals surface area contributed by atoms with E-state index < -0.39 is 0 Å². The monoisotopic (exact) mass is 217 g/mol. The van der Waals surface area contributed by atoms with Crippen molar-refractivity contribution >= 4 is 11.6 Å². The van der Waals surface area contributed by atoms with E-state index in [4.69, 9.17) is 0 Å². The molecule has 1 aromatic heterocycles. The van der Waals surface area contributed by atoms with Crippen molar-refractivity contribution in [2.24, 2.45) is 5.92 Å². The Morgan fingerprint density at radius 2 is 1.81 bits per heavy atom. The third kappa shape index (κ3) is 2.54. The van der Waals surface area contributed by atoms with Crippen molar-refractivity contribution in [1.29, 1.82) is 0 Å². The molecule has 0 saturated heterocycles. The Balaban J connectivity index is 1.94. The fourth-order valence-electron chi connectivity index (χ4n) is 2.19. The summed E-state index contributed by atoms with van der Waals surface area (Å²) in [6.45, 7) is 0. The third-order valence-corrected chi connectivity index (χ3v) is 3.15. The fourth-order valence-corrected chi connectivity index (χ4v) is 2.19. The molecule has 0 spiro atoms. The van der Waals surface area contributed by atoms with Crippen LogP contribution in [0.4, 0.5) is 0 Å². The maximum Gasteiger partial charge on any atom is 0.170 e. The van der Waals surface area contributed by atoms with Crippen molar-refractivity contribution in [3.8, 4) is 0 Å². The molecule has 0 aromatic carbocycles. The van der Waals surface area contributed by atoms with Crippen molar-refractivity contribution in [3.05, 3.63) is 30.1 Å². The second-order valence-electron chi connectivity index (χ2n) is 4.28. The first-order chi connectivity index (χ1) is 7.77. The van der Waals surface area contributed by atoms with Gasteiger partial charge in [0.25, 0.3) is 0 Å². The third-order valence-electron chi connectivity index (χ3n) is 3.15. The number of nitrogens with zero attached hydrogens (tertiary/aromatic N) is 1. The molecule has 84 valence electrons. The average Bonchev–Trinajstić information content (AvgIpc) is 2.83. The van der Waals surface area contributed by atoms with Crippen LogP contribution in [0.5, 0.6) is 0 Å². The Kier molecular flexibility index (Phi) is 3.44. The molecule has 0 atom stereocenters. The van der Waals surface area contributed by atoms with Gasteiger partial charge in [0.2, 0.25) is 0 Å². The summed E-state index contributed by atoms with van der Waals surface area (Å²) in [5.74, 6) is 0.157. The summed E-state index contributed by atoms with van der Waals surface area (Å²) >= 11 is 0. The summed E-state index contributed by atoms with van der Waals surface area (Å²) in [5, 5.41) is 0. The van der Waals surface area contributed by atoms with Gasteiger partial charge in [-0.15, -0.1) is 0 Å². The highest BCUT2D eigenvalue weighted by Crippen LogP contribution is 2.26. The van der Waals surface area contributed by atoms with Crippen LogP contribution in [0.25, 0.3) is 0 Å². The lowest BCUT2D eigenvalue weighted by molar-refractivity contribution is -0.121. The van der Waals surface area contributed by atoms with Crippen LogP contribution in [0.1, 0.15) is 42.5 Å². The van der Waals surface area contributed by atoms with Gasteiger partial charge >= 0.3 is 0 Å². The number of hydrogen-bond donors (Lipinski definition) is 0. The zero-order chi connectivity index (χ0) is 11.4. The Bertz CT molecular complexity index is 380. The van der Waals surface area contributed by atoms with Gasteiger partial charge in [-0.1, -0.05) is 12.8 Å². The topological polar surface area (TPSA) is 47.0 Å². The molecule has 0 amide bonds. The van der Waals surface area contributed by atoms with Gasteiger partial charge in [0, 0.05) is 23.9 Å². The number of rotatable bonds is 4. The Morgan fingerprint density at radius 1 is 1.19 bits per heavy atom. The van der Waals surface area contributed by atoms with Crippen LogP contribution in [-0.2, 0) is 4.79 Å². The van der Waals surface area contributed by atoms with Crippen LogP contribution >= 0.6 is 0 Å². The lowest BCUT2D eigenvalue weighted by Crippen LogP contribution is -2.15. The van der Waals surface area contributed by atoms with Crippen LogP contribution in [0.2, 0.25) is 0 Å². The fraction of sp³-hybridized carbons (Fsp3) is 0.462. The molecule has 3 heteroatoms. The first kappa shape index (κ1) is 11.0.